The first-order chi connectivity index (χ1) is 30.8. The van der Waals surface area contributed by atoms with E-state index in [2.05, 4.69) is 228 Å². The second kappa shape index (κ2) is 13.6. The van der Waals surface area contributed by atoms with Crippen LogP contribution < -0.4 is 0 Å². The van der Waals surface area contributed by atoms with Crippen LogP contribution in [0.5, 0.6) is 0 Å². The second-order valence-corrected chi connectivity index (χ2v) is 16.1. The normalized spacial score (nSPS) is 11.9. The van der Waals surface area contributed by atoms with Crippen molar-refractivity contribution in [2.24, 2.45) is 0 Å². The molecule has 0 aliphatic heterocycles. The van der Waals surface area contributed by atoms with Gasteiger partial charge in [-0.1, -0.05) is 182 Å². The van der Waals surface area contributed by atoms with Gasteiger partial charge in [0.15, 0.2) is 0 Å². The minimum Gasteiger partial charge on any atom is -0.307 e. The molecule has 62 heavy (non-hydrogen) atoms. The Labute approximate surface area is 357 Å². The topological polar surface area (TPSA) is 35.6 Å². The number of nitrogens with zero attached hydrogens (tertiary/aromatic N) is 4. The summed E-state index contributed by atoms with van der Waals surface area (Å²) >= 11 is 0. The zero-order valence-electron chi connectivity index (χ0n) is 33.6. The van der Waals surface area contributed by atoms with Gasteiger partial charge in [0.2, 0.25) is 0 Å². The zero-order valence-corrected chi connectivity index (χ0v) is 33.6. The van der Waals surface area contributed by atoms with Crippen LogP contribution in [-0.4, -0.2) is 19.1 Å². The molecule has 0 bridgehead atoms. The Hall–Kier alpha value is -8.34. The van der Waals surface area contributed by atoms with Gasteiger partial charge in [0.1, 0.15) is 0 Å². The summed E-state index contributed by atoms with van der Waals surface area (Å²) in [5, 5.41) is 9.41. The minimum absolute atomic E-state index is 0.851. The summed E-state index contributed by atoms with van der Waals surface area (Å²) < 4.78 is 4.92. The van der Waals surface area contributed by atoms with Gasteiger partial charge < -0.3 is 9.13 Å². The predicted octanol–water partition coefficient (Wildman–Crippen LogP) is 15.1. The molecular weight excluding hydrogens is 753 g/mol. The van der Waals surface area contributed by atoms with Gasteiger partial charge in [0.25, 0.3) is 0 Å². The van der Waals surface area contributed by atoms with E-state index in [9.17, 15) is 0 Å². The van der Waals surface area contributed by atoms with Crippen LogP contribution >= 0.6 is 0 Å². The van der Waals surface area contributed by atoms with E-state index in [1.165, 1.54) is 54.5 Å². The average molecular weight is 789 g/mol. The molecule has 0 atom stereocenters. The molecule has 10 aromatic carbocycles. The first-order valence-corrected chi connectivity index (χ1v) is 21.2. The Morgan fingerprint density at radius 3 is 1.24 bits per heavy atom. The average Bonchev–Trinajstić information content (AvgIpc) is 3.88. The fourth-order valence-corrected chi connectivity index (χ4v) is 9.92. The summed E-state index contributed by atoms with van der Waals surface area (Å²) in [4.78, 5) is 11.2. The van der Waals surface area contributed by atoms with Gasteiger partial charge in [0, 0.05) is 54.8 Å². The zero-order chi connectivity index (χ0) is 40.7. The standard InChI is InChI=1S/C58H36N4/c1-3-16-37(17-4-1)38-30-32-41(33-31-38)61-51-28-13-11-24-45(51)49-34-35-50-46-25-12-14-29-52(46)62(58(50)57(49)61)42-21-15-20-40(36-42)54-53(39-18-5-2-6-19-39)59-55-47-26-9-7-22-43(47)44-23-8-10-27-48(44)56(55)60-54/h1-36H. The van der Waals surface area contributed by atoms with E-state index in [4.69, 9.17) is 9.97 Å². The van der Waals surface area contributed by atoms with Crippen LogP contribution in [0.3, 0.4) is 0 Å². The van der Waals surface area contributed by atoms with Crippen LogP contribution in [0.15, 0.2) is 218 Å². The van der Waals surface area contributed by atoms with Gasteiger partial charge in [0.05, 0.1) is 44.5 Å². The summed E-state index contributed by atoms with van der Waals surface area (Å²) in [6.07, 6.45) is 0. The van der Waals surface area contributed by atoms with Crippen molar-refractivity contribution in [2.45, 2.75) is 0 Å². The van der Waals surface area contributed by atoms with Crippen molar-refractivity contribution in [3.8, 4) is 45.0 Å². The highest BCUT2D eigenvalue weighted by atomic mass is 15.0. The molecule has 0 aliphatic carbocycles. The monoisotopic (exact) mass is 788 g/mol. The van der Waals surface area contributed by atoms with Crippen LogP contribution in [0.1, 0.15) is 0 Å². The molecule has 4 nitrogen and oxygen atoms in total. The third kappa shape index (κ3) is 5.14. The molecular formula is C58H36N4. The van der Waals surface area contributed by atoms with Crippen LogP contribution in [0, 0.1) is 0 Å². The number of fused-ring (bicyclic) bond motifs is 13. The maximum Gasteiger partial charge on any atom is 0.0979 e. The van der Waals surface area contributed by atoms with Crippen molar-refractivity contribution < 1.29 is 0 Å². The number of rotatable bonds is 5. The molecule has 0 N–H and O–H groups in total. The van der Waals surface area contributed by atoms with Crippen molar-refractivity contribution >= 4 is 76.2 Å². The van der Waals surface area contributed by atoms with E-state index >= 15 is 0 Å². The van der Waals surface area contributed by atoms with E-state index in [1.807, 2.05) is 0 Å². The number of aromatic nitrogens is 4. The summed E-state index contributed by atoms with van der Waals surface area (Å²) in [6, 6.07) is 78.4. The predicted molar refractivity (Wildman–Crippen MR) is 260 cm³/mol. The Bertz CT molecular complexity index is 3900. The SMILES string of the molecule is c1ccc(-c2ccc(-n3c4ccccc4c4ccc5c6ccccc6n(-c6cccc(-c7nc8c9ccccc9c9ccccc9c8nc7-c7ccccc7)c6)c5c43)cc2)cc1. The highest BCUT2D eigenvalue weighted by molar-refractivity contribution is 6.25. The smallest absolute Gasteiger partial charge is 0.0979 e. The van der Waals surface area contributed by atoms with E-state index in [0.717, 1.165) is 66.7 Å². The summed E-state index contributed by atoms with van der Waals surface area (Å²) in [6.45, 7) is 0. The molecule has 0 amide bonds. The van der Waals surface area contributed by atoms with Crippen LogP contribution in [0.25, 0.3) is 121 Å². The van der Waals surface area contributed by atoms with Gasteiger partial charge in [-0.25, -0.2) is 9.97 Å². The molecule has 0 saturated heterocycles. The van der Waals surface area contributed by atoms with E-state index < -0.39 is 0 Å². The molecule has 0 unspecified atom stereocenters. The van der Waals surface area contributed by atoms with Gasteiger partial charge in [-0.2, -0.15) is 0 Å². The van der Waals surface area contributed by atoms with Crippen LogP contribution in [0.2, 0.25) is 0 Å². The summed E-state index contributed by atoms with van der Waals surface area (Å²) in [5.41, 5.74) is 14.8. The third-order valence-corrected chi connectivity index (χ3v) is 12.7. The van der Waals surface area contributed by atoms with Crippen molar-refractivity contribution in [1.82, 2.24) is 19.1 Å². The van der Waals surface area contributed by atoms with Crippen molar-refractivity contribution in [3.63, 3.8) is 0 Å². The minimum atomic E-state index is 0.851. The molecule has 0 aliphatic rings. The highest BCUT2D eigenvalue weighted by Crippen LogP contribution is 2.43. The fourth-order valence-electron chi connectivity index (χ4n) is 9.92. The number of hydrogen-bond acceptors (Lipinski definition) is 2. The van der Waals surface area contributed by atoms with Crippen LogP contribution in [-0.2, 0) is 0 Å². The molecule has 3 aromatic heterocycles. The third-order valence-electron chi connectivity index (χ3n) is 12.7. The lowest BCUT2D eigenvalue weighted by Crippen LogP contribution is -2.00. The van der Waals surface area contributed by atoms with Gasteiger partial charge in [-0.3, -0.25) is 0 Å². The van der Waals surface area contributed by atoms with Gasteiger partial charge in [-0.05, 0) is 58.3 Å². The molecule has 13 rings (SSSR count). The molecule has 0 saturated carbocycles. The quantitative estimate of drug-likeness (QED) is 0.163. The summed E-state index contributed by atoms with van der Waals surface area (Å²) in [5.74, 6) is 0. The lowest BCUT2D eigenvalue weighted by molar-refractivity contribution is 1.15. The fraction of sp³-hybridized carbons (Fsp3) is 0. The first kappa shape index (κ1) is 34.5. The highest BCUT2D eigenvalue weighted by Gasteiger charge is 2.23. The molecule has 0 fully saturated rings. The maximum atomic E-state index is 5.63. The molecule has 3 heterocycles. The molecule has 288 valence electrons. The molecule has 0 radical (unpaired) electrons. The van der Waals surface area contributed by atoms with E-state index in [-0.39, 0.29) is 0 Å². The van der Waals surface area contributed by atoms with E-state index in [1.54, 1.807) is 0 Å². The lowest BCUT2D eigenvalue weighted by Gasteiger charge is -2.16. The number of benzene rings is 10. The van der Waals surface area contributed by atoms with E-state index in [0.29, 0.717) is 0 Å². The van der Waals surface area contributed by atoms with Crippen molar-refractivity contribution in [1.29, 1.82) is 0 Å². The van der Waals surface area contributed by atoms with Gasteiger partial charge >= 0.3 is 0 Å². The Morgan fingerprint density at radius 1 is 0.258 bits per heavy atom. The van der Waals surface area contributed by atoms with Gasteiger partial charge in [-0.15, -0.1) is 0 Å². The van der Waals surface area contributed by atoms with Crippen molar-refractivity contribution in [3.05, 3.63) is 218 Å². The summed E-state index contributed by atoms with van der Waals surface area (Å²) in [7, 11) is 0. The Balaban J connectivity index is 1.10. The Kier molecular flexibility index (Phi) is 7.57. The number of para-hydroxylation sites is 2. The largest absolute Gasteiger partial charge is 0.307 e. The van der Waals surface area contributed by atoms with Crippen molar-refractivity contribution in [2.75, 3.05) is 0 Å². The second-order valence-electron chi connectivity index (χ2n) is 16.1. The lowest BCUT2D eigenvalue weighted by atomic mass is 9.97. The molecule has 0 spiro atoms. The Morgan fingerprint density at radius 2 is 0.677 bits per heavy atom. The molecule has 4 heteroatoms. The maximum absolute atomic E-state index is 5.63. The van der Waals surface area contributed by atoms with Crippen LogP contribution in [0.4, 0.5) is 0 Å². The number of hydrogen-bond donors (Lipinski definition) is 0. The molecule has 13 aromatic rings. The first-order valence-electron chi connectivity index (χ1n) is 21.2.